The van der Waals surface area contributed by atoms with Crippen LogP contribution < -0.4 is 5.73 Å². The Morgan fingerprint density at radius 3 is 2.63 bits per heavy atom. The first-order chi connectivity index (χ1) is 8.97. The predicted molar refractivity (Wildman–Crippen MR) is 75.6 cm³/mol. The smallest absolute Gasteiger partial charge is 0.372 e. The number of carboxylic acid groups (broad SMARTS) is 1. The lowest BCUT2D eigenvalue weighted by Gasteiger charge is -2.05. The minimum absolute atomic E-state index is 0.0182. The van der Waals surface area contributed by atoms with Crippen LogP contribution in [-0.2, 0) is 5.75 Å². The van der Waals surface area contributed by atoms with Gasteiger partial charge in [0.2, 0.25) is 5.76 Å². The zero-order chi connectivity index (χ0) is 14.0. The van der Waals surface area contributed by atoms with Gasteiger partial charge in [0.15, 0.2) is 0 Å². The molecule has 19 heavy (non-hydrogen) atoms. The fourth-order valence-electron chi connectivity index (χ4n) is 1.81. The number of rotatable bonds is 4. The van der Waals surface area contributed by atoms with Crippen LogP contribution in [0.25, 0.3) is 0 Å². The lowest BCUT2D eigenvalue weighted by atomic mass is 10.2. The van der Waals surface area contributed by atoms with Crippen LogP contribution in [0, 0.1) is 13.8 Å². The molecular weight excluding hydrogens is 262 g/mol. The average molecular weight is 277 g/mol. The second-order valence-corrected chi connectivity index (χ2v) is 5.36. The first kappa shape index (κ1) is 13.5. The molecule has 1 aromatic heterocycles. The van der Waals surface area contributed by atoms with Crippen LogP contribution in [0.15, 0.2) is 33.6 Å². The Balaban J connectivity index is 2.10. The number of hydrogen-bond acceptors (Lipinski definition) is 4. The predicted octanol–water partition coefficient (Wildman–Crippen LogP) is 3.47. The molecule has 0 fully saturated rings. The summed E-state index contributed by atoms with van der Waals surface area (Å²) in [6, 6.07) is 7.50. The van der Waals surface area contributed by atoms with E-state index in [1.54, 1.807) is 24.8 Å². The van der Waals surface area contributed by atoms with Gasteiger partial charge in [-0.15, -0.1) is 11.8 Å². The molecule has 2 aromatic rings. The second kappa shape index (κ2) is 5.40. The number of anilines is 1. The number of nitrogens with two attached hydrogens (primary N) is 1. The van der Waals surface area contributed by atoms with E-state index in [1.807, 2.05) is 25.1 Å². The molecule has 0 saturated carbocycles. The van der Waals surface area contributed by atoms with Crippen LogP contribution in [-0.4, -0.2) is 11.1 Å². The second-order valence-electron chi connectivity index (χ2n) is 4.34. The van der Waals surface area contributed by atoms with Gasteiger partial charge in [0.1, 0.15) is 5.76 Å². The number of aromatic carboxylic acids is 1. The maximum atomic E-state index is 10.9. The zero-order valence-electron chi connectivity index (χ0n) is 10.8. The van der Waals surface area contributed by atoms with E-state index in [0.29, 0.717) is 17.1 Å². The summed E-state index contributed by atoms with van der Waals surface area (Å²) in [6.07, 6.45) is 0. The SMILES string of the molecule is Cc1cc(N)ccc1SCc1cc(C)c(C(=O)O)o1. The molecule has 0 spiro atoms. The van der Waals surface area contributed by atoms with E-state index >= 15 is 0 Å². The number of furan rings is 1. The van der Waals surface area contributed by atoms with Crippen molar-refractivity contribution in [1.82, 2.24) is 0 Å². The van der Waals surface area contributed by atoms with Crippen molar-refractivity contribution >= 4 is 23.4 Å². The molecule has 100 valence electrons. The van der Waals surface area contributed by atoms with E-state index in [1.165, 1.54) is 0 Å². The summed E-state index contributed by atoms with van der Waals surface area (Å²) in [5, 5.41) is 8.92. The van der Waals surface area contributed by atoms with Gasteiger partial charge in [-0.3, -0.25) is 0 Å². The molecule has 4 nitrogen and oxygen atoms in total. The number of hydrogen-bond donors (Lipinski definition) is 2. The summed E-state index contributed by atoms with van der Waals surface area (Å²) < 4.78 is 5.32. The third kappa shape index (κ3) is 3.12. The number of nitrogen functional groups attached to an aromatic ring is 1. The molecule has 0 unspecified atom stereocenters. The summed E-state index contributed by atoms with van der Waals surface area (Å²) in [6.45, 7) is 3.73. The van der Waals surface area contributed by atoms with Crippen molar-refractivity contribution in [3.63, 3.8) is 0 Å². The molecular formula is C14H15NO3S. The molecule has 0 aliphatic rings. The van der Waals surface area contributed by atoms with Crippen LogP contribution in [0.3, 0.4) is 0 Å². The molecule has 1 heterocycles. The highest BCUT2D eigenvalue weighted by molar-refractivity contribution is 7.98. The fourth-order valence-corrected chi connectivity index (χ4v) is 2.71. The van der Waals surface area contributed by atoms with Gasteiger partial charge in [0, 0.05) is 16.1 Å². The number of carboxylic acids is 1. The van der Waals surface area contributed by atoms with Gasteiger partial charge in [-0.1, -0.05) is 0 Å². The fraction of sp³-hybridized carbons (Fsp3) is 0.214. The Bertz CT molecular complexity index is 619. The third-order valence-corrected chi connectivity index (χ3v) is 3.93. The van der Waals surface area contributed by atoms with Crippen molar-refractivity contribution in [2.75, 3.05) is 5.73 Å². The van der Waals surface area contributed by atoms with E-state index in [2.05, 4.69) is 0 Å². The van der Waals surface area contributed by atoms with Crippen molar-refractivity contribution in [3.8, 4) is 0 Å². The Morgan fingerprint density at radius 2 is 2.05 bits per heavy atom. The Hall–Kier alpha value is -1.88. The molecule has 0 radical (unpaired) electrons. The van der Waals surface area contributed by atoms with Gasteiger partial charge >= 0.3 is 5.97 Å². The third-order valence-electron chi connectivity index (χ3n) is 2.73. The summed E-state index contributed by atoms with van der Waals surface area (Å²) in [5.74, 6) is 0.247. The minimum Gasteiger partial charge on any atom is -0.475 e. The van der Waals surface area contributed by atoms with Crippen LogP contribution in [0.1, 0.15) is 27.4 Å². The molecule has 1 aromatic carbocycles. The molecule has 0 saturated heterocycles. The minimum atomic E-state index is -1.03. The van der Waals surface area contributed by atoms with Crippen molar-refractivity contribution in [2.45, 2.75) is 24.5 Å². The zero-order valence-corrected chi connectivity index (χ0v) is 11.6. The van der Waals surface area contributed by atoms with Crippen molar-refractivity contribution in [2.24, 2.45) is 0 Å². The van der Waals surface area contributed by atoms with Crippen LogP contribution in [0.2, 0.25) is 0 Å². The maximum absolute atomic E-state index is 10.9. The molecule has 3 N–H and O–H groups in total. The first-order valence-electron chi connectivity index (χ1n) is 5.79. The Kier molecular flexibility index (Phi) is 3.85. The van der Waals surface area contributed by atoms with Gasteiger partial charge in [-0.2, -0.15) is 0 Å². The topological polar surface area (TPSA) is 76.5 Å². The molecule has 0 aliphatic heterocycles. The normalized spacial score (nSPS) is 10.6. The summed E-state index contributed by atoms with van der Waals surface area (Å²) in [5.41, 5.74) is 8.19. The standard InChI is InChI=1S/C14H15NO3S/c1-8-5-10(15)3-4-12(8)19-7-11-6-9(2)13(18-11)14(16)17/h3-6H,7,15H2,1-2H3,(H,16,17). The van der Waals surface area contributed by atoms with Gasteiger partial charge in [-0.25, -0.2) is 4.79 Å². The van der Waals surface area contributed by atoms with E-state index < -0.39 is 5.97 Å². The van der Waals surface area contributed by atoms with Gasteiger partial charge < -0.3 is 15.3 Å². The Labute approximate surface area is 115 Å². The van der Waals surface area contributed by atoms with Gasteiger partial charge in [0.05, 0.1) is 5.75 Å². The molecule has 0 aliphatic carbocycles. The highest BCUT2D eigenvalue weighted by Crippen LogP contribution is 2.28. The number of aryl methyl sites for hydroxylation is 2. The van der Waals surface area contributed by atoms with E-state index in [-0.39, 0.29) is 5.76 Å². The van der Waals surface area contributed by atoms with Gasteiger partial charge in [0.25, 0.3) is 0 Å². The summed E-state index contributed by atoms with van der Waals surface area (Å²) in [4.78, 5) is 12.0. The van der Waals surface area contributed by atoms with Crippen molar-refractivity contribution in [3.05, 3.63) is 46.9 Å². The highest BCUT2D eigenvalue weighted by atomic mass is 32.2. The van der Waals surface area contributed by atoms with E-state index in [0.717, 1.165) is 16.1 Å². The van der Waals surface area contributed by atoms with Crippen LogP contribution in [0.4, 0.5) is 5.69 Å². The van der Waals surface area contributed by atoms with Crippen molar-refractivity contribution < 1.29 is 14.3 Å². The lowest BCUT2D eigenvalue weighted by molar-refractivity contribution is 0.0659. The molecule has 0 amide bonds. The highest BCUT2D eigenvalue weighted by Gasteiger charge is 2.14. The van der Waals surface area contributed by atoms with Crippen molar-refractivity contribution in [1.29, 1.82) is 0 Å². The molecule has 0 atom stereocenters. The number of thioether (sulfide) groups is 1. The number of carbonyl (C=O) groups is 1. The number of benzene rings is 1. The Morgan fingerprint density at radius 1 is 1.32 bits per heavy atom. The maximum Gasteiger partial charge on any atom is 0.372 e. The van der Waals surface area contributed by atoms with Crippen LogP contribution in [0.5, 0.6) is 0 Å². The molecule has 5 heteroatoms. The van der Waals surface area contributed by atoms with Gasteiger partial charge in [-0.05, 0) is 43.7 Å². The van der Waals surface area contributed by atoms with E-state index in [4.69, 9.17) is 15.3 Å². The summed E-state index contributed by atoms with van der Waals surface area (Å²) in [7, 11) is 0. The quantitative estimate of drug-likeness (QED) is 0.661. The van der Waals surface area contributed by atoms with Crippen LogP contribution >= 0.6 is 11.8 Å². The summed E-state index contributed by atoms with van der Waals surface area (Å²) >= 11 is 1.60. The lowest BCUT2D eigenvalue weighted by Crippen LogP contribution is -1.94. The van der Waals surface area contributed by atoms with E-state index in [9.17, 15) is 4.79 Å². The molecule has 2 rings (SSSR count). The average Bonchev–Trinajstić information content (AvgIpc) is 2.69. The largest absolute Gasteiger partial charge is 0.475 e. The first-order valence-corrected chi connectivity index (χ1v) is 6.77. The molecule has 0 bridgehead atoms. The monoisotopic (exact) mass is 277 g/mol.